The molecule has 0 bridgehead atoms. The molecule has 1 aliphatic carbocycles. The van der Waals surface area contributed by atoms with Crippen LogP contribution in [0, 0.1) is 12.8 Å². The van der Waals surface area contributed by atoms with Crippen molar-refractivity contribution in [3.63, 3.8) is 0 Å². The van der Waals surface area contributed by atoms with E-state index in [1.165, 1.54) is 12.4 Å². The fraction of sp³-hybridized carbons (Fsp3) is 0.467. The van der Waals surface area contributed by atoms with E-state index in [0.717, 1.165) is 42.4 Å². The fourth-order valence-electron chi connectivity index (χ4n) is 3.24. The second kappa shape index (κ2) is 5.27. The summed E-state index contributed by atoms with van der Waals surface area (Å²) in [7, 11) is 0. The number of nitrogen functional groups attached to an aromatic ring is 1. The first-order valence-corrected chi connectivity index (χ1v) is 7.23. The number of nitrogens with zero attached hydrogens (tertiary/aromatic N) is 4. The second-order valence-corrected chi connectivity index (χ2v) is 5.61. The van der Waals surface area contributed by atoms with Gasteiger partial charge >= 0.3 is 0 Å². The summed E-state index contributed by atoms with van der Waals surface area (Å²) in [4.78, 5) is 20.2. The van der Waals surface area contributed by atoms with Gasteiger partial charge in [0.25, 0.3) is 0 Å². The number of aryl methyl sites for hydroxylation is 1. The molecule has 2 heterocycles. The Morgan fingerprint density at radius 2 is 2.29 bits per heavy atom. The van der Waals surface area contributed by atoms with Gasteiger partial charge in [0.2, 0.25) is 0 Å². The van der Waals surface area contributed by atoms with Crippen molar-refractivity contribution in [2.45, 2.75) is 38.6 Å². The van der Waals surface area contributed by atoms with E-state index in [9.17, 15) is 4.79 Å². The minimum absolute atomic E-state index is 0.0417. The molecule has 1 saturated carbocycles. The Bertz CT molecular complexity index is 705. The molecule has 0 aliphatic heterocycles. The second-order valence-electron chi connectivity index (χ2n) is 5.61. The maximum absolute atomic E-state index is 11.9. The van der Waals surface area contributed by atoms with Crippen LogP contribution in [-0.2, 0) is 4.79 Å². The van der Waals surface area contributed by atoms with Crippen molar-refractivity contribution in [1.29, 1.82) is 0 Å². The largest absolute Gasteiger partial charge is 0.383 e. The Balaban J connectivity index is 1.99. The summed E-state index contributed by atoms with van der Waals surface area (Å²) < 4.78 is 1.92. The van der Waals surface area contributed by atoms with Crippen LogP contribution in [0.25, 0.3) is 11.0 Å². The van der Waals surface area contributed by atoms with Gasteiger partial charge < -0.3 is 5.73 Å². The summed E-state index contributed by atoms with van der Waals surface area (Å²) in [5.74, 6) is 0.625. The molecule has 0 amide bonds. The molecule has 1 fully saturated rings. The highest BCUT2D eigenvalue weighted by Gasteiger charge is 2.29. The van der Waals surface area contributed by atoms with Crippen LogP contribution in [0.2, 0.25) is 0 Å². The van der Waals surface area contributed by atoms with Crippen molar-refractivity contribution in [2.75, 3.05) is 5.73 Å². The quantitative estimate of drug-likeness (QED) is 0.874. The highest BCUT2D eigenvalue weighted by Crippen LogP contribution is 2.35. The maximum Gasteiger partial charge on any atom is 0.163 e. The zero-order valence-electron chi connectivity index (χ0n) is 12.1. The third kappa shape index (κ3) is 2.30. The topological polar surface area (TPSA) is 86.7 Å². The van der Waals surface area contributed by atoms with Gasteiger partial charge in [-0.05, 0) is 32.3 Å². The minimum Gasteiger partial charge on any atom is -0.383 e. The standard InChI is InChI=1S/C15H19N5O/c1-3-12(21)10-5-4-6-11(7-10)20-15-13(9(2)19-20)14(16)17-8-18-15/h3,8,10-11H,1,4-7H2,2H3,(H2,16,17,18)/t10?,11-/m1/s1. The van der Waals surface area contributed by atoms with Crippen LogP contribution in [0.3, 0.4) is 0 Å². The van der Waals surface area contributed by atoms with Crippen LogP contribution in [0.15, 0.2) is 19.0 Å². The number of anilines is 1. The molecule has 0 spiro atoms. The minimum atomic E-state index is 0.0417. The molecule has 6 heteroatoms. The lowest BCUT2D eigenvalue weighted by Crippen LogP contribution is -2.24. The van der Waals surface area contributed by atoms with Gasteiger partial charge in [-0.25, -0.2) is 14.6 Å². The molecular weight excluding hydrogens is 266 g/mol. The smallest absolute Gasteiger partial charge is 0.163 e. The Morgan fingerprint density at radius 3 is 3.05 bits per heavy atom. The zero-order valence-corrected chi connectivity index (χ0v) is 12.1. The number of allylic oxidation sites excluding steroid dienone is 1. The monoisotopic (exact) mass is 285 g/mol. The Labute approximate surface area is 123 Å². The van der Waals surface area contributed by atoms with Crippen LogP contribution in [0.5, 0.6) is 0 Å². The van der Waals surface area contributed by atoms with E-state index in [1.54, 1.807) is 0 Å². The predicted molar refractivity (Wildman–Crippen MR) is 80.7 cm³/mol. The van der Waals surface area contributed by atoms with Gasteiger partial charge in [0.1, 0.15) is 12.1 Å². The lowest BCUT2D eigenvalue weighted by molar-refractivity contribution is -0.119. The normalized spacial score (nSPS) is 22.3. The third-order valence-electron chi connectivity index (χ3n) is 4.29. The Kier molecular flexibility index (Phi) is 3.45. The predicted octanol–water partition coefficient (Wildman–Crippen LogP) is 2.20. The fourth-order valence-corrected chi connectivity index (χ4v) is 3.24. The van der Waals surface area contributed by atoms with Crippen LogP contribution < -0.4 is 5.73 Å². The number of carbonyl (C=O) groups excluding carboxylic acids is 1. The number of carbonyl (C=O) groups is 1. The van der Waals surface area contributed by atoms with Crippen molar-refractivity contribution in [3.05, 3.63) is 24.7 Å². The Morgan fingerprint density at radius 1 is 1.48 bits per heavy atom. The van der Waals surface area contributed by atoms with Gasteiger partial charge in [-0.3, -0.25) is 4.79 Å². The van der Waals surface area contributed by atoms with Gasteiger partial charge in [-0.1, -0.05) is 13.0 Å². The highest BCUT2D eigenvalue weighted by atomic mass is 16.1. The van der Waals surface area contributed by atoms with E-state index < -0.39 is 0 Å². The number of rotatable bonds is 3. The van der Waals surface area contributed by atoms with Crippen molar-refractivity contribution >= 4 is 22.6 Å². The lowest BCUT2D eigenvalue weighted by Gasteiger charge is -2.28. The molecule has 110 valence electrons. The molecule has 0 saturated heterocycles. The van der Waals surface area contributed by atoms with E-state index in [1.807, 2.05) is 11.6 Å². The summed E-state index contributed by atoms with van der Waals surface area (Å²) in [6.07, 6.45) is 6.61. The summed E-state index contributed by atoms with van der Waals surface area (Å²) in [6.45, 7) is 5.50. The number of nitrogens with two attached hydrogens (primary N) is 1. The van der Waals surface area contributed by atoms with Crippen molar-refractivity contribution < 1.29 is 4.79 Å². The van der Waals surface area contributed by atoms with E-state index >= 15 is 0 Å². The molecule has 2 aromatic rings. The van der Waals surface area contributed by atoms with Crippen molar-refractivity contribution in [2.24, 2.45) is 5.92 Å². The molecule has 1 aliphatic rings. The Hall–Kier alpha value is -2.24. The molecule has 0 aromatic carbocycles. The van der Waals surface area contributed by atoms with Crippen LogP contribution >= 0.6 is 0 Å². The first kappa shape index (κ1) is 13.7. The van der Waals surface area contributed by atoms with Crippen LogP contribution in [-0.4, -0.2) is 25.5 Å². The molecule has 21 heavy (non-hydrogen) atoms. The van der Waals surface area contributed by atoms with Gasteiger partial charge in [0, 0.05) is 5.92 Å². The summed E-state index contributed by atoms with van der Waals surface area (Å²) in [5.41, 5.74) is 7.52. The summed E-state index contributed by atoms with van der Waals surface area (Å²) >= 11 is 0. The molecular formula is C15H19N5O. The number of aromatic nitrogens is 4. The van der Waals surface area contributed by atoms with Crippen LogP contribution in [0.4, 0.5) is 5.82 Å². The molecule has 0 radical (unpaired) electrons. The lowest BCUT2D eigenvalue weighted by atomic mass is 9.83. The van der Waals surface area contributed by atoms with E-state index in [-0.39, 0.29) is 17.7 Å². The molecule has 2 N–H and O–H groups in total. The van der Waals surface area contributed by atoms with E-state index in [0.29, 0.717) is 5.82 Å². The average molecular weight is 285 g/mol. The molecule has 2 aromatic heterocycles. The van der Waals surface area contributed by atoms with Gasteiger partial charge in [0.15, 0.2) is 11.4 Å². The molecule has 2 atom stereocenters. The number of hydrogen-bond donors (Lipinski definition) is 1. The summed E-state index contributed by atoms with van der Waals surface area (Å²) in [5, 5.41) is 5.41. The van der Waals surface area contributed by atoms with Gasteiger partial charge in [0.05, 0.1) is 17.1 Å². The van der Waals surface area contributed by atoms with Gasteiger partial charge in [-0.15, -0.1) is 0 Å². The highest BCUT2D eigenvalue weighted by molar-refractivity contribution is 5.91. The van der Waals surface area contributed by atoms with Crippen LogP contribution in [0.1, 0.15) is 37.4 Å². The number of fused-ring (bicyclic) bond motifs is 1. The zero-order chi connectivity index (χ0) is 15.0. The van der Waals surface area contributed by atoms with Crippen molar-refractivity contribution in [1.82, 2.24) is 19.7 Å². The number of ketones is 1. The first-order chi connectivity index (χ1) is 10.1. The first-order valence-electron chi connectivity index (χ1n) is 7.23. The van der Waals surface area contributed by atoms with E-state index in [2.05, 4.69) is 21.6 Å². The molecule has 6 nitrogen and oxygen atoms in total. The van der Waals surface area contributed by atoms with Crippen molar-refractivity contribution in [3.8, 4) is 0 Å². The van der Waals surface area contributed by atoms with E-state index in [4.69, 9.17) is 5.73 Å². The molecule has 3 rings (SSSR count). The molecule has 1 unspecified atom stereocenters. The maximum atomic E-state index is 11.9. The van der Waals surface area contributed by atoms with Gasteiger partial charge in [-0.2, -0.15) is 5.10 Å². The average Bonchev–Trinajstić information content (AvgIpc) is 2.85. The number of hydrogen-bond acceptors (Lipinski definition) is 5. The summed E-state index contributed by atoms with van der Waals surface area (Å²) in [6, 6.07) is 0.179. The SMILES string of the molecule is C=CC(=O)C1CCC[C@@H](n2nc(C)c3c(N)ncnc32)C1. The third-order valence-corrected chi connectivity index (χ3v) is 4.29.